The molecule has 0 bridgehead atoms. The van der Waals surface area contributed by atoms with Crippen molar-refractivity contribution < 1.29 is 41.7 Å². The van der Waals surface area contributed by atoms with Gasteiger partial charge in [0, 0.05) is 11.8 Å². The summed E-state index contributed by atoms with van der Waals surface area (Å²) in [5, 5.41) is 0. The van der Waals surface area contributed by atoms with Crippen LogP contribution in [0.2, 0.25) is 0 Å². The summed E-state index contributed by atoms with van der Waals surface area (Å²) in [6, 6.07) is 5.59. The average Bonchev–Trinajstić information content (AvgIpc) is 2.64. The lowest BCUT2D eigenvalue weighted by Gasteiger charge is -2.31. The molecule has 1 aromatic rings. The van der Waals surface area contributed by atoms with Gasteiger partial charge in [-0.2, -0.15) is 13.2 Å². The third kappa shape index (κ3) is 4.66. The molecule has 7 nitrogen and oxygen atoms in total. The lowest BCUT2D eigenvalue weighted by molar-refractivity contribution is -0.153. The van der Waals surface area contributed by atoms with E-state index in [1.54, 1.807) is 0 Å². The molecule has 10 heteroatoms. The molecule has 1 aromatic carbocycles. The van der Waals surface area contributed by atoms with Gasteiger partial charge in [0.05, 0.1) is 26.4 Å². The number of nitrogens with zero attached hydrogens (tertiary/aromatic N) is 1. The number of carbonyl (C=O) groups is 2. The standard InChI is InChI=1S/C16H16F3NO6/c1-23-14(21)12-7-25-9-20(13(12)15(22)24-2)10-4-3-5-11(6-10)26-8-16(17,18)19/h3-6H,7-9H2,1-2H3. The van der Waals surface area contributed by atoms with Crippen molar-refractivity contribution in [1.29, 1.82) is 0 Å². The van der Waals surface area contributed by atoms with Crippen LogP contribution in [0.4, 0.5) is 18.9 Å². The minimum Gasteiger partial charge on any atom is -0.484 e. The zero-order valence-electron chi connectivity index (χ0n) is 14.0. The van der Waals surface area contributed by atoms with Crippen molar-refractivity contribution in [2.45, 2.75) is 6.18 Å². The maximum absolute atomic E-state index is 12.3. The van der Waals surface area contributed by atoms with E-state index in [1.807, 2.05) is 0 Å². The molecule has 0 aliphatic carbocycles. The van der Waals surface area contributed by atoms with Crippen LogP contribution in [0.3, 0.4) is 0 Å². The van der Waals surface area contributed by atoms with Gasteiger partial charge in [0.2, 0.25) is 0 Å². The van der Waals surface area contributed by atoms with Crippen molar-refractivity contribution in [3.63, 3.8) is 0 Å². The molecule has 1 aliphatic rings. The first-order valence-electron chi connectivity index (χ1n) is 7.31. The topological polar surface area (TPSA) is 74.3 Å². The molecule has 0 saturated heterocycles. The van der Waals surface area contributed by atoms with Crippen LogP contribution >= 0.6 is 0 Å². The van der Waals surface area contributed by atoms with Crippen LogP contribution in [0, 0.1) is 0 Å². The zero-order valence-corrected chi connectivity index (χ0v) is 14.0. The molecule has 0 N–H and O–H groups in total. The summed E-state index contributed by atoms with van der Waals surface area (Å²) in [4.78, 5) is 25.4. The van der Waals surface area contributed by atoms with Crippen molar-refractivity contribution >= 4 is 17.6 Å². The average molecular weight is 375 g/mol. The number of alkyl halides is 3. The van der Waals surface area contributed by atoms with Crippen molar-refractivity contribution in [3.8, 4) is 5.75 Å². The molecule has 0 fully saturated rings. The number of esters is 2. The number of rotatable bonds is 5. The first-order chi connectivity index (χ1) is 12.3. The Morgan fingerprint density at radius 1 is 1.19 bits per heavy atom. The molecular weight excluding hydrogens is 359 g/mol. The number of hydrogen-bond acceptors (Lipinski definition) is 7. The SMILES string of the molecule is COC(=O)C1=C(C(=O)OC)N(c2cccc(OCC(F)(F)F)c2)COC1. The van der Waals surface area contributed by atoms with Gasteiger partial charge < -0.3 is 23.8 Å². The molecule has 0 saturated carbocycles. The molecule has 26 heavy (non-hydrogen) atoms. The lowest BCUT2D eigenvalue weighted by atomic mass is 10.1. The number of benzene rings is 1. The molecule has 0 amide bonds. The van der Waals surface area contributed by atoms with Crippen LogP contribution in [0.1, 0.15) is 0 Å². The fourth-order valence-electron chi connectivity index (χ4n) is 2.25. The minimum atomic E-state index is -4.49. The Kier molecular flexibility index (Phi) is 6.09. The molecular formula is C16H16F3NO6. The van der Waals surface area contributed by atoms with Gasteiger partial charge in [0.15, 0.2) is 6.61 Å². The summed E-state index contributed by atoms with van der Waals surface area (Å²) < 4.78 is 56.3. The number of anilines is 1. The molecule has 142 valence electrons. The van der Waals surface area contributed by atoms with E-state index in [0.717, 1.165) is 14.2 Å². The molecule has 0 aromatic heterocycles. The van der Waals surface area contributed by atoms with Gasteiger partial charge >= 0.3 is 18.1 Å². The molecule has 0 radical (unpaired) electrons. The van der Waals surface area contributed by atoms with Gasteiger partial charge in [0.25, 0.3) is 0 Å². The maximum atomic E-state index is 12.3. The predicted molar refractivity (Wildman–Crippen MR) is 82.3 cm³/mol. The van der Waals surface area contributed by atoms with Gasteiger partial charge in [-0.15, -0.1) is 0 Å². The smallest absolute Gasteiger partial charge is 0.422 e. The van der Waals surface area contributed by atoms with E-state index >= 15 is 0 Å². The Labute approximate surface area is 146 Å². The van der Waals surface area contributed by atoms with Gasteiger partial charge in [-0.05, 0) is 12.1 Å². The summed E-state index contributed by atoms with van der Waals surface area (Å²) >= 11 is 0. The second kappa shape index (κ2) is 8.09. The number of carbonyl (C=O) groups excluding carboxylic acids is 2. The van der Waals surface area contributed by atoms with Crippen molar-refractivity contribution in [1.82, 2.24) is 0 Å². The number of methoxy groups -OCH3 is 2. The van der Waals surface area contributed by atoms with Gasteiger partial charge in [0.1, 0.15) is 18.2 Å². The molecule has 2 rings (SSSR count). The summed E-state index contributed by atoms with van der Waals surface area (Å²) in [5.41, 5.74) is 0.108. The van der Waals surface area contributed by atoms with Gasteiger partial charge in [-0.3, -0.25) is 0 Å². The normalized spacial score (nSPS) is 14.9. The van der Waals surface area contributed by atoms with Crippen molar-refractivity contribution in [2.24, 2.45) is 0 Å². The molecule has 0 spiro atoms. The number of hydrogen-bond donors (Lipinski definition) is 0. The van der Waals surface area contributed by atoms with Crippen LogP contribution in [0.5, 0.6) is 5.75 Å². The highest BCUT2D eigenvalue weighted by molar-refractivity contribution is 6.03. The minimum absolute atomic E-state index is 0.0609. The van der Waals surface area contributed by atoms with E-state index < -0.39 is 24.7 Å². The highest BCUT2D eigenvalue weighted by Gasteiger charge is 2.33. The van der Waals surface area contributed by atoms with Gasteiger partial charge in [-0.25, -0.2) is 9.59 Å². The summed E-state index contributed by atoms with van der Waals surface area (Å²) in [6.07, 6.45) is -4.49. The highest BCUT2D eigenvalue weighted by Crippen LogP contribution is 2.29. The second-order valence-corrected chi connectivity index (χ2v) is 5.12. The third-order valence-corrected chi connectivity index (χ3v) is 3.36. The Morgan fingerprint density at radius 2 is 1.88 bits per heavy atom. The zero-order chi connectivity index (χ0) is 19.3. The lowest BCUT2D eigenvalue weighted by Crippen LogP contribution is -2.38. The van der Waals surface area contributed by atoms with E-state index in [4.69, 9.17) is 14.2 Å². The first kappa shape index (κ1) is 19.6. The van der Waals surface area contributed by atoms with Crippen LogP contribution in [0.25, 0.3) is 0 Å². The maximum Gasteiger partial charge on any atom is 0.422 e. The molecule has 0 unspecified atom stereocenters. The van der Waals surface area contributed by atoms with Crippen molar-refractivity contribution in [3.05, 3.63) is 35.5 Å². The Hall–Kier alpha value is -2.75. The second-order valence-electron chi connectivity index (χ2n) is 5.12. The monoisotopic (exact) mass is 375 g/mol. The van der Waals surface area contributed by atoms with E-state index in [2.05, 4.69) is 4.74 Å². The van der Waals surface area contributed by atoms with E-state index in [9.17, 15) is 22.8 Å². The van der Waals surface area contributed by atoms with Crippen LogP contribution < -0.4 is 9.64 Å². The third-order valence-electron chi connectivity index (χ3n) is 3.36. The Balaban J connectivity index is 2.39. The van der Waals surface area contributed by atoms with Gasteiger partial charge in [-0.1, -0.05) is 6.07 Å². The quantitative estimate of drug-likeness (QED) is 0.729. The van der Waals surface area contributed by atoms with Crippen molar-refractivity contribution in [2.75, 3.05) is 39.1 Å². The fraction of sp³-hybridized carbons (Fsp3) is 0.375. The fourth-order valence-corrected chi connectivity index (χ4v) is 2.25. The van der Waals surface area contributed by atoms with Crippen LogP contribution in [0.15, 0.2) is 35.5 Å². The van der Waals surface area contributed by atoms with E-state index in [1.165, 1.54) is 29.2 Å². The molecule has 1 heterocycles. The largest absolute Gasteiger partial charge is 0.484 e. The summed E-state index contributed by atoms with van der Waals surface area (Å²) in [5.74, 6) is -1.65. The molecule has 0 atom stereocenters. The predicted octanol–water partition coefficient (Wildman–Crippen LogP) is 2.02. The molecule has 1 aliphatic heterocycles. The van der Waals surface area contributed by atoms with E-state index in [0.29, 0.717) is 0 Å². The Morgan fingerprint density at radius 3 is 2.50 bits per heavy atom. The van der Waals surface area contributed by atoms with Crippen LogP contribution in [-0.4, -0.2) is 52.3 Å². The van der Waals surface area contributed by atoms with E-state index in [-0.39, 0.29) is 36.0 Å². The summed E-state index contributed by atoms with van der Waals surface area (Å²) in [7, 11) is 2.29. The van der Waals surface area contributed by atoms with Crippen LogP contribution in [-0.2, 0) is 23.8 Å². The number of ether oxygens (including phenoxy) is 4. The Bertz CT molecular complexity index is 716. The number of halogens is 3. The highest BCUT2D eigenvalue weighted by atomic mass is 19.4. The summed E-state index contributed by atoms with van der Waals surface area (Å²) in [6.45, 7) is -1.74. The first-order valence-corrected chi connectivity index (χ1v) is 7.31.